The first-order valence-electron chi connectivity index (χ1n) is 10.6. The highest BCUT2D eigenvalue weighted by Gasteiger charge is 2.30. The van der Waals surface area contributed by atoms with Crippen LogP contribution in [0.25, 0.3) is 0 Å². The molecule has 0 aliphatic heterocycles. The fourth-order valence-electron chi connectivity index (χ4n) is 2.94. The average molecular weight is 481 g/mol. The van der Waals surface area contributed by atoms with E-state index in [1.54, 1.807) is 32.9 Å². The van der Waals surface area contributed by atoms with E-state index in [0.29, 0.717) is 12.1 Å². The Morgan fingerprint density at radius 2 is 1.82 bits per heavy atom. The highest BCUT2D eigenvalue weighted by Crippen LogP contribution is 2.23. The van der Waals surface area contributed by atoms with Gasteiger partial charge < -0.3 is 19.8 Å². The summed E-state index contributed by atoms with van der Waals surface area (Å²) in [5.74, 6) is -1.55. The SMILES string of the molecule is Cc1cccc(NC(=O)CS(=O)(=O)c2nnc(C(CC(C)C)NC(=O)OC(C)(C)C)o2)c1C. The van der Waals surface area contributed by atoms with Gasteiger partial charge in [-0.05, 0) is 64.2 Å². The predicted octanol–water partition coefficient (Wildman–Crippen LogP) is 3.71. The molecule has 1 atom stereocenters. The molecular weight excluding hydrogens is 448 g/mol. The monoisotopic (exact) mass is 480 g/mol. The minimum absolute atomic E-state index is 0.0805. The van der Waals surface area contributed by atoms with Crippen molar-refractivity contribution in [3.05, 3.63) is 35.2 Å². The molecule has 2 aromatic rings. The van der Waals surface area contributed by atoms with Crippen molar-refractivity contribution in [2.75, 3.05) is 11.1 Å². The van der Waals surface area contributed by atoms with Gasteiger partial charge >= 0.3 is 11.3 Å². The molecule has 1 aromatic heterocycles. The summed E-state index contributed by atoms with van der Waals surface area (Å²) in [5.41, 5.74) is 1.62. The van der Waals surface area contributed by atoms with E-state index in [1.807, 2.05) is 33.8 Å². The number of rotatable bonds is 8. The zero-order valence-corrected chi connectivity index (χ0v) is 20.9. The van der Waals surface area contributed by atoms with E-state index in [4.69, 9.17) is 9.15 Å². The van der Waals surface area contributed by atoms with Crippen molar-refractivity contribution in [3.63, 3.8) is 0 Å². The second kappa shape index (κ2) is 10.3. The van der Waals surface area contributed by atoms with Crippen LogP contribution in [0.4, 0.5) is 10.5 Å². The van der Waals surface area contributed by atoms with Gasteiger partial charge in [-0.25, -0.2) is 13.2 Å². The molecule has 1 aromatic carbocycles. The van der Waals surface area contributed by atoms with Crippen LogP contribution in [0.5, 0.6) is 0 Å². The Morgan fingerprint density at radius 3 is 2.42 bits per heavy atom. The van der Waals surface area contributed by atoms with Crippen molar-refractivity contribution in [1.82, 2.24) is 15.5 Å². The lowest BCUT2D eigenvalue weighted by Crippen LogP contribution is -2.35. The Bertz CT molecular complexity index is 1100. The Balaban J connectivity index is 2.16. The molecule has 1 unspecified atom stereocenters. The number of sulfone groups is 1. The van der Waals surface area contributed by atoms with Crippen LogP contribution in [0.15, 0.2) is 27.8 Å². The van der Waals surface area contributed by atoms with E-state index in [1.165, 1.54) is 0 Å². The number of hydrogen-bond donors (Lipinski definition) is 2. The number of alkyl carbamates (subject to hydrolysis) is 1. The number of ether oxygens (including phenoxy) is 1. The van der Waals surface area contributed by atoms with Crippen molar-refractivity contribution in [1.29, 1.82) is 0 Å². The van der Waals surface area contributed by atoms with Crippen LogP contribution < -0.4 is 10.6 Å². The number of carbonyl (C=O) groups excluding carboxylic acids is 2. The summed E-state index contributed by atoms with van der Waals surface area (Å²) in [4.78, 5) is 24.6. The number of nitrogens with zero attached hydrogens (tertiary/aromatic N) is 2. The van der Waals surface area contributed by atoms with Gasteiger partial charge in [0, 0.05) is 5.69 Å². The Hall–Kier alpha value is -2.95. The number of aryl methyl sites for hydroxylation is 1. The molecule has 0 fully saturated rings. The van der Waals surface area contributed by atoms with Crippen LogP contribution >= 0.6 is 0 Å². The Kier molecular flexibility index (Phi) is 8.23. The smallest absolute Gasteiger partial charge is 0.408 e. The summed E-state index contributed by atoms with van der Waals surface area (Å²) >= 11 is 0. The molecule has 0 saturated carbocycles. The zero-order chi connectivity index (χ0) is 25.0. The molecule has 2 amide bonds. The van der Waals surface area contributed by atoms with Gasteiger partial charge in [0.2, 0.25) is 21.6 Å². The van der Waals surface area contributed by atoms with Crippen LogP contribution in [-0.2, 0) is 19.4 Å². The zero-order valence-electron chi connectivity index (χ0n) is 20.1. The van der Waals surface area contributed by atoms with Gasteiger partial charge in [-0.15, -0.1) is 5.10 Å². The van der Waals surface area contributed by atoms with Gasteiger partial charge in [-0.1, -0.05) is 31.1 Å². The molecule has 0 aliphatic rings. The molecule has 0 bridgehead atoms. The summed E-state index contributed by atoms with van der Waals surface area (Å²) < 4.78 is 36.0. The normalized spacial score (nSPS) is 13.0. The molecule has 182 valence electrons. The Labute approximate surface area is 194 Å². The quantitative estimate of drug-likeness (QED) is 0.582. The number of amides is 2. The van der Waals surface area contributed by atoms with Gasteiger partial charge in [0.25, 0.3) is 0 Å². The molecule has 10 nitrogen and oxygen atoms in total. The van der Waals surface area contributed by atoms with Crippen molar-refractivity contribution < 1.29 is 27.2 Å². The minimum atomic E-state index is -4.20. The minimum Gasteiger partial charge on any atom is -0.444 e. The van der Waals surface area contributed by atoms with Crippen LogP contribution in [0.1, 0.15) is 64.1 Å². The van der Waals surface area contributed by atoms with Gasteiger partial charge in [-0.2, -0.15) is 0 Å². The first kappa shape index (κ1) is 26.3. The molecular formula is C22H32N4O6S. The summed E-state index contributed by atoms with van der Waals surface area (Å²) in [5, 5.41) is 12.0. The van der Waals surface area contributed by atoms with Gasteiger partial charge in [0.05, 0.1) is 0 Å². The molecule has 0 saturated heterocycles. The van der Waals surface area contributed by atoms with E-state index in [-0.39, 0.29) is 11.8 Å². The molecule has 2 rings (SSSR count). The molecule has 0 radical (unpaired) electrons. The first-order valence-corrected chi connectivity index (χ1v) is 12.2. The summed E-state index contributed by atoms with van der Waals surface area (Å²) in [7, 11) is -4.20. The van der Waals surface area contributed by atoms with E-state index < -0.39 is 44.5 Å². The summed E-state index contributed by atoms with van der Waals surface area (Å²) in [6, 6.07) is 4.60. The largest absolute Gasteiger partial charge is 0.444 e. The van der Waals surface area contributed by atoms with Crippen LogP contribution in [0.2, 0.25) is 0 Å². The fourth-order valence-corrected chi connectivity index (χ4v) is 3.86. The number of benzene rings is 1. The maximum absolute atomic E-state index is 12.7. The lowest BCUT2D eigenvalue weighted by molar-refractivity contribution is -0.113. The first-order chi connectivity index (χ1) is 15.2. The van der Waals surface area contributed by atoms with Gasteiger partial charge in [-0.3, -0.25) is 4.79 Å². The third-order valence-corrected chi connectivity index (χ3v) is 5.92. The summed E-state index contributed by atoms with van der Waals surface area (Å²) in [6.45, 7) is 12.8. The van der Waals surface area contributed by atoms with Crippen LogP contribution in [0.3, 0.4) is 0 Å². The van der Waals surface area contributed by atoms with E-state index in [9.17, 15) is 18.0 Å². The third-order valence-electron chi connectivity index (χ3n) is 4.58. The molecule has 0 aliphatic carbocycles. The lowest BCUT2D eigenvalue weighted by Gasteiger charge is -2.22. The van der Waals surface area contributed by atoms with Gasteiger partial charge in [0.15, 0.2) is 0 Å². The van der Waals surface area contributed by atoms with Gasteiger partial charge in [0.1, 0.15) is 17.4 Å². The summed E-state index contributed by atoms with van der Waals surface area (Å²) in [6.07, 6.45) is -0.280. The number of hydrogen-bond acceptors (Lipinski definition) is 8. The molecule has 2 N–H and O–H groups in total. The number of carbonyl (C=O) groups is 2. The standard InChI is InChI=1S/C22H32N4O6S/c1-13(2)11-17(24-20(28)32-22(5,6)7)19-25-26-21(31-19)33(29,30)12-18(27)23-16-10-8-9-14(3)15(16)4/h8-10,13,17H,11-12H2,1-7H3,(H,23,27)(H,24,28). The van der Waals surface area contributed by atoms with Crippen molar-refractivity contribution in [2.24, 2.45) is 5.92 Å². The second-order valence-corrected chi connectivity index (χ2v) is 11.2. The van der Waals surface area contributed by atoms with Crippen LogP contribution in [-0.4, -0.2) is 42.0 Å². The number of anilines is 1. The van der Waals surface area contributed by atoms with Crippen molar-refractivity contribution in [3.8, 4) is 0 Å². The van der Waals surface area contributed by atoms with Crippen molar-refractivity contribution >= 4 is 27.5 Å². The average Bonchev–Trinajstić information content (AvgIpc) is 3.14. The van der Waals surface area contributed by atoms with E-state index >= 15 is 0 Å². The topological polar surface area (TPSA) is 140 Å². The molecule has 33 heavy (non-hydrogen) atoms. The number of aromatic nitrogens is 2. The molecule has 11 heteroatoms. The number of nitrogens with one attached hydrogen (secondary N) is 2. The van der Waals surface area contributed by atoms with Crippen molar-refractivity contribution in [2.45, 2.75) is 71.8 Å². The maximum Gasteiger partial charge on any atom is 0.408 e. The maximum atomic E-state index is 12.7. The predicted molar refractivity (Wildman–Crippen MR) is 122 cm³/mol. The van der Waals surface area contributed by atoms with E-state index in [2.05, 4.69) is 20.8 Å². The highest BCUT2D eigenvalue weighted by molar-refractivity contribution is 7.91. The Morgan fingerprint density at radius 1 is 1.15 bits per heavy atom. The molecule has 1 heterocycles. The third kappa shape index (κ3) is 7.85. The second-order valence-electron chi connectivity index (χ2n) is 9.29. The lowest BCUT2D eigenvalue weighted by atomic mass is 10.0. The van der Waals surface area contributed by atoms with Crippen LogP contribution in [0, 0.1) is 19.8 Å². The fraction of sp³-hybridized carbons (Fsp3) is 0.545. The highest BCUT2D eigenvalue weighted by atomic mass is 32.2. The van der Waals surface area contributed by atoms with E-state index in [0.717, 1.165) is 11.1 Å². The molecule has 0 spiro atoms.